The van der Waals surface area contributed by atoms with Gasteiger partial charge >= 0.3 is 0 Å². The van der Waals surface area contributed by atoms with E-state index < -0.39 is 6.10 Å². The number of terminal acetylenes is 1. The number of thiophene rings is 1. The highest BCUT2D eigenvalue weighted by molar-refractivity contribution is 7.10. The van der Waals surface area contributed by atoms with Gasteiger partial charge in [0.05, 0.1) is 25.3 Å². The van der Waals surface area contributed by atoms with Crippen molar-refractivity contribution >= 4 is 28.8 Å². The molecular weight excluding hydrogens is 460 g/mol. The van der Waals surface area contributed by atoms with Crippen LogP contribution >= 0.6 is 22.9 Å². The Hall–Kier alpha value is -2.08. The summed E-state index contributed by atoms with van der Waals surface area (Å²) in [5, 5.41) is 13.1. The van der Waals surface area contributed by atoms with Crippen molar-refractivity contribution in [3.63, 3.8) is 0 Å². The van der Waals surface area contributed by atoms with Gasteiger partial charge in [-0.1, -0.05) is 17.5 Å². The second-order valence-corrected chi connectivity index (χ2v) is 9.89. The minimum atomic E-state index is -0.680. The summed E-state index contributed by atoms with van der Waals surface area (Å²) in [5.74, 6) is 3.18. The monoisotopic (exact) mass is 488 g/mol. The number of hydrogen-bond acceptors (Lipinski definition) is 6. The third-order valence-electron chi connectivity index (χ3n) is 5.98. The molecule has 0 unspecified atom stereocenters. The summed E-state index contributed by atoms with van der Waals surface area (Å²) in [4.78, 5) is 18.8. The van der Waals surface area contributed by atoms with E-state index in [1.807, 2.05) is 17.0 Å². The van der Waals surface area contributed by atoms with E-state index in [2.05, 4.69) is 22.3 Å². The molecule has 2 heterocycles. The quantitative estimate of drug-likeness (QED) is 0.388. The number of halogens is 1. The second kappa shape index (κ2) is 11.4. The molecule has 1 aliphatic carbocycles. The van der Waals surface area contributed by atoms with Crippen LogP contribution in [0.25, 0.3) is 0 Å². The Morgan fingerprint density at radius 2 is 2.12 bits per heavy atom. The van der Waals surface area contributed by atoms with Crippen LogP contribution in [0, 0.1) is 12.3 Å². The SMILES string of the molecule is C#CCOC[C@@H](O)CN(CC(=O)N1CCc2sccc2[C@H]1COc1ccc(Cl)cc1)C1CC1. The first kappa shape index (κ1) is 24.1. The van der Waals surface area contributed by atoms with Crippen LogP contribution in [0.15, 0.2) is 35.7 Å². The molecule has 2 aliphatic rings. The smallest absolute Gasteiger partial charge is 0.237 e. The molecule has 0 bridgehead atoms. The van der Waals surface area contributed by atoms with E-state index in [0.29, 0.717) is 30.8 Å². The predicted molar refractivity (Wildman–Crippen MR) is 130 cm³/mol. The zero-order valence-electron chi connectivity index (χ0n) is 18.5. The van der Waals surface area contributed by atoms with E-state index in [1.165, 1.54) is 4.88 Å². The molecule has 4 rings (SSSR count). The molecule has 0 spiro atoms. The molecule has 1 aliphatic heterocycles. The fourth-order valence-electron chi connectivity index (χ4n) is 4.20. The van der Waals surface area contributed by atoms with Gasteiger partial charge in [-0.25, -0.2) is 0 Å². The molecular formula is C25H29ClN2O4S. The molecule has 8 heteroatoms. The first-order valence-corrected chi connectivity index (χ1v) is 12.5. The normalized spacial score (nSPS) is 18.6. The van der Waals surface area contributed by atoms with Crippen LogP contribution < -0.4 is 4.74 Å². The van der Waals surface area contributed by atoms with Crippen LogP contribution in [-0.4, -0.2) is 72.4 Å². The molecule has 1 amide bonds. The Morgan fingerprint density at radius 1 is 1.33 bits per heavy atom. The fourth-order valence-corrected chi connectivity index (χ4v) is 5.26. The Labute approximate surface area is 204 Å². The van der Waals surface area contributed by atoms with Gasteiger partial charge in [0.15, 0.2) is 0 Å². The highest BCUT2D eigenvalue weighted by Crippen LogP contribution is 2.35. The van der Waals surface area contributed by atoms with Crippen molar-refractivity contribution in [2.24, 2.45) is 0 Å². The topological polar surface area (TPSA) is 62.2 Å². The first-order valence-electron chi connectivity index (χ1n) is 11.2. The van der Waals surface area contributed by atoms with Crippen molar-refractivity contribution in [3.05, 3.63) is 51.2 Å². The zero-order chi connectivity index (χ0) is 23.2. The molecule has 2 aromatic rings. The lowest BCUT2D eigenvalue weighted by Crippen LogP contribution is -2.48. The van der Waals surface area contributed by atoms with Crippen LogP contribution in [-0.2, 0) is 16.0 Å². The minimum Gasteiger partial charge on any atom is -0.491 e. The van der Waals surface area contributed by atoms with Gasteiger partial charge in [0, 0.05) is 29.0 Å². The van der Waals surface area contributed by atoms with E-state index in [0.717, 1.165) is 30.6 Å². The lowest BCUT2D eigenvalue weighted by atomic mass is 10.0. The molecule has 2 atom stereocenters. The predicted octanol–water partition coefficient (Wildman–Crippen LogP) is 3.38. The summed E-state index contributed by atoms with van der Waals surface area (Å²) in [6.07, 6.45) is 7.46. The fraction of sp³-hybridized carbons (Fsp3) is 0.480. The number of nitrogens with zero attached hydrogens (tertiary/aromatic N) is 2. The number of rotatable bonds is 11. The molecule has 1 fully saturated rings. The zero-order valence-corrected chi connectivity index (χ0v) is 20.1. The lowest BCUT2D eigenvalue weighted by molar-refractivity contribution is -0.136. The van der Waals surface area contributed by atoms with Crippen molar-refractivity contribution in [2.75, 3.05) is 39.5 Å². The van der Waals surface area contributed by atoms with Gasteiger partial charge in [-0.05, 0) is 60.5 Å². The van der Waals surface area contributed by atoms with E-state index >= 15 is 0 Å². The summed E-state index contributed by atoms with van der Waals surface area (Å²) in [5.41, 5.74) is 1.16. The lowest BCUT2D eigenvalue weighted by Gasteiger charge is -2.37. The molecule has 176 valence electrons. The number of aliphatic hydroxyl groups is 1. The van der Waals surface area contributed by atoms with Gasteiger partial charge in [-0.2, -0.15) is 0 Å². The molecule has 0 radical (unpaired) electrons. The molecule has 1 N–H and O–H groups in total. The number of carbonyl (C=O) groups is 1. The van der Waals surface area contributed by atoms with E-state index in [-0.39, 0.29) is 31.7 Å². The Balaban J connectivity index is 1.41. The Bertz CT molecular complexity index is 970. The van der Waals surface area contributed by atoms with E-state index in [9.17, 15) is 9.90 Å². The van der Waals surface area contributed by atoms with Crippen molar-refractivity contribution in [1.29, 1.82) is 0 Å². The van der Waals surface area contributed by atoms with Gasteiger partial charge < -0.3 is 19.5 Å². The summed E-state index contributed by atoms with van der Waals surface area (Å²) in [6, 6.07) is 9.55. The summed E-state index contributed by atoms with van der Waals surface area (Å²) < 4.78 is 11.3. The Kier molecular flexibility index (Phi) is 8.29. The van der Waals surface area contributed by atoms with Crippen LogP contribution in [0.2, 0.25) is 5.02 Å². The Morgan fingerprint density at radius 3 is 2.85 bits per heavy atom. The van der Waals surface area contributed by atoms with E-state index in [1.54, 1.807) is 23.5 Å². The van der Waals surface area contributed by atoms with Gasteiger partial charge in [-0.3, -0.25) is 9.69 Å². The number of aliphatic hydroxyl groups excluding tert-OH is 1. The summed E-state index contributed by atoms with van der Waals surface area (Å²) >= 11 is 7.71. The minimum absolute atomic E-state index is 0.0557. The highest BCUT2D eigenvalue weighted by atomic mass is 35.5. The van der Waals surface area contributed by atoms with Gasteiger partial charge in [0.2, 0.25) is 5.91 Å². The third kappa shape index (κ3) is 6.50. The number of benzene rings is 1. The number of fused-ring (bicyclic) bond motifs is 1. The van der Waals surface area contributed by atoms with Crippen LogP contribution in [0.5, 0.6) is 5.75 Å². The number of carbonyl (C=O) groups excluding carboxylic acids is 1. The van der Waals surface area contributed by atoms with Crippen molar-refractivity contribution in [2.45, 2.75) is 37.5 Å². The van der Waals surface area contributed by atoms with E-state index in [4.69, 9.17) is 27.5 Å². The van der Waals surface area contributed by atoms with Crippen LogP contribution in [0.4, 0.5) is 0 Å². The summed E-state index contributed by atoms with van der Waals surface area (Å²) in [7, 11) is 0. The van der Waals surface area contributed by atoms with Crippen LogP contribution in [0.3, 0.4) is 0 Å². The largest absolute Gasteiger partial charge is 0.491 e. The van der Waals surface area contributed by atoms with Crippen molar-refractivity contribution in [3.8, 4) is 18.1 Å². The molecule has 0 saturated heterocycles. The maximum absolute atomic E-state index is 13.5. The third-order valence-corrected chi connectivity index (χ3v) is 7.23. The van der Waals surface area contributed by atoms with Crippen molar-refractivity contribution in [1.82, 2.24) is 9.80 Å². The van der Waals surface area contributed by atoms with Crippen LogP contribution in [0.1, 0.15) is 29.3 Å². The maximum Gasteiger partial charge on any atom is 0.237 e. The first-order chi connectivity index (χ1) is 16.0. The standard InChI is InChI=1S/C25H29ClN2O4S/c1-2-12-31-16-20(29)14-27(19-5-6-19)15-25(30)28-11-9-24-22(10-13-33-24)23(28)17-32-21-7-3-18(26)4-8-21/h1,3-4,7-8,10,13,19-20,23,29H,5-6,9,11-12,14-17H2/t20-,23+/m0/s1. The maximum atomic E-state index is 13.5. The molecule has 6 nitrogen and oxygen atoms in total. The molecule has 1 aromatic heterocycles. The average Bonchev–Trinajstić information content (AvgIpc) is 3.55. The second-order valence-electron chi connectivity index (χ2n) is 8.45. The molecule has 1 saturated carbocycles. The molecule has 33 heavy (non-hydrogen) atoms. The average molecular weight is 489 g/mol. The van der Waals surface area contributed by atoms with Gasteiger partial charge in [0.25, 0.3) is 0 Å². The molecule has 1 aromatic carbocycles. The number of hydrogen-bond donors (Lipinski definition) is 1. The summed E-state index contributed by atoms with van der Waals surface area (Å²) in [6.45, 7) is 2.04. The number of ether oxygens (including phenoxy) is 2. The highest BCUT2D eigenvalue weighted by Gasteiger charge is 2.36. The van der Waals surface area contributed by atoms with Gasteiger partial charge in [-0.15, -0.1) is 17.8 Å². The van der Waals surface area contributed by atoms with Crippen molar-refractivity contribution < 1.29 is 19.4 Å². The number of amides is 1. The van der Waals surface area contributed by atoms with Gasteiger partial charge in [0.1, 0.15) is 19.0 Å².